The van der Waals surface area contributed by atoms with Crippen LogP contribution in [0.4, 0.5) is 52.7 Å². The monoisotopic (exact) mass is 873 g/mol. The average molecular weight is 874 g/mol. The first kappa shape index (κ1) is 41.9. The van der Waals surface area contributed by atoms with Crippen molar-refractivity contribution >= 4 is 49.5 Å². The van der Waals surface area contributed by atoms with E-state index in [0.29, 0.717) is 34.4 Å². The summed E-state index contributed by atoms with van der Waals surface area (Å²) in [7, 11) is 0. The Balaban J connectivity index is 1.59. The number of alkyl halides is 12. The molecule has 318 valence electrons. The van der Waals surface area contributed by atoms with Crippen LogP contribution in [0, 0.1) is 0 Å². The molecule has 0 amide bonds. The summed E-state index contributed by atoms with van der Waals surface area (Å²) in [6.07, 6.45) is -21.6. The van der Waals surface area contributed by atoms with Gasteiger partial charge >= 0.3 is 30.7 Å². The number of ether oxygens (including phenoxy) is 1. The molecule has 18 heteroatoms. The minimum Gasteiger partial charge on any atom is -0.466 e. The van der Waals surface area contributed by atoms with Gasteiger partial charge in [-0.3, -0.25) is 14.4 Å². The second-order valence-corrected chi connectivity index (χ2v) is 14.2. The first-order valence-corrected chi connectivity index (χ1v) is 18.1. The van der Waals surface area contributed by atoms with Crippen LogP contribution in [0.15, 0.2) is 111 Å². The summed E-state index contributed by atoms with van der Waals surface area (Å²) in [4.78, 5) is 41.3. The van der Waals surface area contributed by atoms with Crippen LogP contribution in [-0.4, -0.2) is 17.1 Å². The molecule has 0 spiro atoms. The van der Waals surface area contributed by atoms with Crippen molar-refractivity contribution in [3.05, 3.63) is 146 Å². The summed E-state index contributed by atoms with van der Waals surface area (Å²) < 4.78 is 183. The number of fused-ring (bicyclic) bond motifs is 2. The number of carbonyl (C=O) groups is 1. The summed E-state index contributed by atoms with van der Waals surface area (Å²) in [6.45, 7) is 1.65. The highest BCUT2D eigenvalue weighted by molar-refractivity contribution is 6.32. The fourth-order valence-electron chi connectivity index (χ4n) is 7.57. The lowest BCUT2D eigenvalue weighted by Gasteiger charge is -2.21. The molecular weight excluding hydrogens is 850 g/mol. The van der Waals surface area contributed by atoms with Crippen LogP contribution in [-0.2, 0) is 40.7 Å². The lowest BCUT2D eigenvalue weighted by molar-refractivity contribution is -0.144. The van der Waals surface area contributed by atoms with Gasteiger partial charge in [-0.25, -0.2) is 4.57 Å². The summed E-state index contributed by atoms with van der Waals surface area (Å²) in [5.74, 6) is -0.616. The van der Waals surface area contributed by atoms with E-state index in [9.17, 15) is 67.1 Å². The van der Waals surface area contributed by atoms with Gasteiger partial charge in [-0.2, -0.15) is 52.7 Å². The Labute approximate surface area is 338 Å². The normalized spacial score (nSPS) is 12.9. The van der Waals surface area contributed by atoms with E-state index in [0.717, 1.165) is 12.1 Å². The predicted octanol–water partition coefficient (Wildman–Crippen LogP) is 12.4. The third-order valence-electron chi connectivity index (χ3n) is 10.2. The van der Waals surface area contributed by atoms with Crippen molar-refractivity contribution in [1.29, 1.82) is 0 Å². The van der Waals surface area contributed by atoms with E-state index in [4.69, 9.17) is 9.15 Å². The third kappa shape index (κ3) is 7.26. The SMILES string of the molecule is CCOC(=O)Cc1ccc(-n2c(=O)c3cc(-c4cc(C(F)(F)F)cc(C(F)(F)F)c4)c4oc5ccccc5c5c(-c6cc(C(F)(F)F)cc(C(F)(F)F)c6)cc(c2=O)c3c45)cc1. The number of esters is 1. The first-order chi connectivity index (χ1) is 28.9. The van der Waals surface area contributed by atoms with Crippen LogP contribution in [0.1, 0.15) is 34.7 Å². The predicted molar refractivity (Wildman–Crippen MR) is 203 cm³/mol. The summed E-state index contributed by atoms with van der Waals surface area (Å²) in [5, 5.41) is -1.91. The molecule has 6 aromatic carbocycles. The Morgan fingerprint density at radius 2 is 1.03 bits per heavy atom. The van der Waals surface area contributed by atoms with Gasteiger partial charge in [-0.15, -0.1) is 0 Å². The number of para-hydroxylation sites is 1. The molecule has 0 aliphatic carbocycles. The molecule has 8 rings (SSSR count). The minimum absolute atomic E-state index is 0.0184. The molecule has 2 aromatic heterocycles. The number of hydrogen-bond donors (Lipinski definition) is 0. The molecule has 8 aromatic rings. The van der Waals surface area contributed by atoms with Gasteiger partial charge in [0.25, 0.3) is 11.1 Å². The average Bonchev–Trinajstić information content (AvgIpc) is 3.19. The summed E-state index contributed by atoms with van der Waals surface area (Å²) in [5.41, 5.74) is -12.4. The minimum atomic E-state index is -5.35. The maximum absolute atomic E-state index is 14.6. The molecule has 6 nitrogen and oxygen atoms in total. The zero-order valence-electron chi connectivity index (χ0n) is 31.2. The quantitative estimate of drug-likeness (QED) is 0.0720. The second kappa shape index (κ2) is 14.4. The van der Waals surface area contributed by atoms with E-state index in [1.807, 2.05) is 0 Å². The molecule has 62 heavy (non-hydrogen) atoms. The van der Waals surface area contributed by atoms with Gasteiger partial charge in [0.15, 0.2) is 0 Å². The number of pyridine rings is 1. The van der Waals surface area contributed by atoms with Crippen molar-refractivity contribution in [2.24, 2.45) is 0 Å². The topological polar surface area (TPSA) is 78.5 Å². The van der Waals surface area contributed by atoms with E-state index < -0.39 is 103 Å². The number of halogens is 12. The number of rotatable bonds is 6. The lowest BCUT2D eigenvalue weighted by Crippen LogP contribution is -2.32. The van der Waals surface area contributed by atoms with E-state index >= 15 is 0 Å². The molecule has 0 bridgehead atoms. The van der Waals surface area contributed by atoms with Crippen molar-refractivity contribution in [3.63, 3.8) is 0 Å². The fraction of sp³-hybridized carbons (Fsp3) is 0.159. The molecule has 0 saturated carbocycles. The van der Waals surface area contributed by atoms with Gasteiger partial charge in [0.2, 0.25) is 0 Å². The van der Waals surface area contributed by atoms with Crippen LogP contribution in [0.2, 0.25) is 0 Å². The molecular formula is C44H23F12NO5. The van der Waals surface area contributed by atoms with Crippen LogP contribution in [0.3, 0.4) is 0 Å². The Morgan fingerprint density at radius 3 is 1.52 bits per heavy atom. The molecule has 2 heterocycles. The second-order valence-electron chi connectivity index (χ2n) is 14.2. The first-order valence-electron chi connectivity index (χ1n) is 18.1. The highest BCUT2D eigenvalue weighted by atomic mass is 19.4. The molecule has 0 aliphatic rings. The van der Waals surface area contributed by atoms with Crippen LogP contribution in [0.25, 0.3) is 71.4 Å². The van der Waals surface area contributed by atoms with E-state index in [2.05, 4.69) is 0 Å². The maximum Gasteiger partial charge on any atom is 0.416 e. The standard InChI is InChI=1S/C44H23F12NO5/c1-2-61-34(58)11-20-7-9-27(10-8-20)57-39(59)31-18-29(21-12-23(41(45,46)47)16-24(13-21)42(48,49)50)35-28-5-3-4-6-33(28)62-38-30(19-32(40(57)60)36(31)37(35)38)22-14-25(43(51,52)53)17-26(15-22)44(54,55)56/h3-10,12-19H,2,11H2,1H3. The number of nitrogens with zero attached hydrogens (tertiary/aromatic N) is 1. The molecule has 0 radical (unpaired) electrons. The zero-order chi connectivity index (χ0) is 44.8. The molecule has 0 atom stereocenters. The highest BCUT2D eigenvalue weighted by Gasteiger charge is 2.39. The number of carbonyl (C=O) groups excluding carboxylic acids is 1. The van der Waals surface area contributed by atoms with Crippen molar-refractivity contribution in [3.8, 4) is 27.9 Å². The highest BCUT2D eigenvalue weighted by Crippen LogP contribution is 2.49. The molecule has 0 aliphatic heterocycles. The van der Waals surface area contributed by atoms with E-state index in [1.165, 1.54) is 48.5 Å². The molecule has 0 N–H and O–H groups in total. The summed E-state index contributed by atoms with van der Waals surface area (Å²) >= 11 is 0. The van der Waals surface area contributed by atoms with Gasteiger partial charge < -0.3 is 9.15 Å². The Kier molecular flexibility index (Phi) is 9.71. The van der Waals surface area contributed by atoms with Gasteiger partial charge in [0.05, 0.1) is 41.0 Å². The smallest absolute Gasteiger partial charge is 0.416 e. The fourth-order valence-corrected chi connectivity index (χ4v) is 7.57. The molecule has 0 unspecified atom stereocenters. The van der Waals surface area contributed by atoms with Gasteiger partial charge in [-0.1, -0.05) is 30.3 Å². The van der Waals surface area contributed by atoms with Crippen LogP contribution < -0.4 is 11.1 Å². The number of aromatic nitrogens is 1. The van der Waals surface area contributed by atoms with Crippen molar-refractivity contribution in [1.82, 2.24) is 4.57 Å². The Hall–Kier alpha value is -6.85. The van der Waals surface area contributed by atoms with Gasteiger partial charge in [0.1, 0.15) is 11.2 Å². The Bertz CT molecular complexity index is 3130. The maximum atomic E-state index is 14.6. The van der Waals surface area contributed by atoms with Gasteiger partial charge in [0, 0.05) is 37.9 Å². The largest absolute Gasteiger partial charge is 0.466 e. The Morgan fingerprint density at radius 1 is 0.565 bits per heavy atom. The molecule has 0 fully saturated rings. The number of benzene rings is 6. The molecule has 0 saturated heterocycles. The van der Waals surface area contributed by atoms with Crippen LogP contribution in [0.5, 0.6) is 0 Å². The zero-order valence-corrected chi connectivity index (χ0v) is 31.2. The number of hydrogen-bond acceptors (Lipinski definition) is 5. The van der Waals surface area contributed by atoms with Gasteiger partial charge in [-0.05, 0) is 95.9 Å². The third-order valence-corrected chi connectivity index (χ3v) is 10.2. The van der Waals surface area contributed by atoms with Crippen molar-refractivity contribution in [2.75, 3.05) is 6.61 Å². The van der Waals surface area contributed by atoms with Crippen molar-refractivity contribution in [2.45, 2.75) is 38.0 Å². The van der Waals surface area contributed by atoms with Crippen LogP contribution >= 0.6 is 0 Å². The lowest BCUT2D eigenvalue weighted by atomic mass is 9.86. The van der Waals surface area contributed by atoms with E-state index in [1.54, 1.807) is 6.92 Å². The van der Waals surface area contributed by atoms with Crippen molar-refractivity contribution < 1.29 is 66.6 Å². The van der Waals surface area contributed by atoms with E-state index in [-0.39, 0.29) is 58.0 Å². The summed E-state index contributed by atoms with van der Waals surface area (Å²) in [6, 6.07) is 13.7.